The second kappa shape index (κ2) is 6.01. The van der Waals surface area contributed by atoms with E-state index in [9.17, 15) is 0 Å². The third-order valence-corrected chi connectivity index (χ3v) is 4.11. The van der Waals surface area contributed by atoms with E-state index in [0.717, 1.165) is 23.7 Å². The van der Waals surface area contributed by atoms with Gasteiger partial charge in [-0.15, -0.1) is 11.3 Å². The highest BCUT2D eigenvalue weighted by Crippen LogP contribution is 2.20. The van der Waals surface area contributed by atoms with Crippen LogP contribution in [0.3, 0.4) is 0 Å². The molecule has 3 heteroatoms. The number of hydrogen-bond donors (Lipinski definition) is 1. The van der Waals surface area contributed by atoms with Gasteiger partial charge in [-0.3, -0.25) is 0 Å². The highest BCUT2D eigenvalue weighted by Gasteiger charge is 2.05. The van der Waals surface area contributed by atoms with Crippen molar-refractivity contribution in [2.24, 2.45) is 0 Å². The molecule has 0 bridgehead atoms. The Morgan fingerprint density at radius 1 is 1.22 bits per heavy atom. The molecule has 0 unspecified atom stereocenters. The van der Waals surface area contributed by atoms with Crippen LogP contribution < -0.4 is 5.32 Å². The highest BCUT2D eigenvalue weighted by atomic mass is 32.1. The molecule has 1 aromatic heterocycles. The minimum absolute atomic E-state index is 0.820. The minimum Gasteiger partial charge on any atom is -0.378 e. The molecule has 0 radical (unpaired) electrons. The summed E-state index contributed by atoms with van der Waals surface area (Å²) >= 11 is 1.78. The van der Waals surface area contributed by atoms with Crippen LogP contribution >= 0.6 is 11.3 Å². The predicted octanol–water partition coefficient (Wildman–Crippen LogP) is 4.32. The van der Waals surface area contributed by atoms with Gasteiger partial charge in [0.15, 0.2) is 0 Å². The molecule has 0 aliphatic rings. The Labute approximate surface area is 113 Å². The number of nitrogens with zero attached hydrogens (tertiary/aromatic N) is 1. The summed E-state index contributed by atoms with van der Waals surface area (Å²) in [5.41, 5.74) is 3.79. The fourth-order valence-electron chi connectivity index (χ4n) is 1.97. The van der Waals surface area contributed by atoms with E-state index in [-0.39, 0.29) is 0 Å². The molecular weight excluding hydrogens is 240 g/mol. The summed E-state index contributed by atoms with van der Waals surface area (Å²) in [5.74, 6) is 0. The summed E-state index contributed by atoms with van der Waals surface area (Å²) in [6, 6.07) is 8.54. The second-order valence-electron chi connectivity index (χ2n) is 4.51. The number of aryl methyl sites for hydroxylation is 3. The molecule has 0 spiro atoms. The number of anilines is 1. The van der Waals surface area contributed by atoms with Crippen molar-refractivity contribution in [2.75, 3.05) is 5.32 Å². The maximum Gasteiger partial charge on any atom is 0.112 e. The average molecular weight is 260 g/mol. The van der Waals surface area contributed by atoms with Crippen molar-refractivity contribution in [1.29, 1.82) is 0 Å². The lowest BCUT2D eigenvalue weighted by atomic mass is 10.1. The van der Waals surface area contributed by atoms with Gasteiger partial charge in [-0.1, -0.05) is 31.5 Å². The van der Waals surface area contributed by atoms with E-state index in [2.05, 4.69) is 55.3 Å². The molecule has 0 atom stereocenters. The van der Waals surface area contributed by atoms with Crippen LogP contribution in [-0.2, 0) is 13.0 Å². The summed E-state index contributed by atoms with van der Waals surface area (Å²) in [6.45, 7) is 7.23. The molecule has 0 aliphatic carbocycles. The van der Waals surface area contributed by atoms with Gasteiger partial charge in [-0.05, 0) is 31.9 Å². The zero-order valence-electron chi connectivity index (χ0n) is 11.3. The Kier molecular flexibility index (Phi) is 4.37. The van der Waals surface area contributed by atoms with E-state index >= 15 is 0 Å². The van der Waals surface area contributed by atoms with E-state index < -0.39 is 0 Å². The molecule has 1 heterocycles. The Hall–Kier alpha value is -1.35. The van der Waals surface area contributed by atoms with Crippen LogP contribution in [-0.4, -0.2) is 4.98 Å². The largest absolute Gasteiger partial charge is 0.378 e. The number of thiazole rings is 1. The number of para-hydroxylation sites is 1. The van der Waals surface area contributed by atoms with Gasteiger partial charge >= 0.3 is 0 Å². The number of rotatable bonds is 5. The zero-order valence-corrected chi connectivity index (χ0v) is 12.1. The summed E-state index contributed by atoms with van der Waals surface area (Å²) in [7, 11) is 0. The van der Waals surface area contributed by atoms with E-state index in [4.69, 9.17) is 0 Å². The Morgan fingerprint density at radius 3 is 2.67 bits per heavy atom. The average Bonchev–Trinajstić information content (AvgIpc) is 2.68. The quantitative estimate of drug-likeness (QED) is 0.865. The zero-order chi connectivity index (χ0) is 13.0. The predicted molar refractivity (Wildman–Crippen MR) is 79.4 cm³/mol. The molecule has 0 fully saturated rings. The summed E-state index contributed by atoms with van der Waals surface area (Å²) in [5, 5.41) is 4.67. The molecule has 0 saturated heterocycles. The van der Waals surface area contributed by atoms with Crippen LogP contribution in [0.15, 0.2) is 24.3 Å². The molecule has 2 nitrogen and oxygen atoms in total. The Bertz CT molecular complexity index is 497. The van der Waals surface area contributed by atoms with Crippen molar-refractivity contribution in [3.05, 3.63) is 45.4 Å². The number of nitrogens with one attached hydrogen (secondary N) is 1. The first-order valence-corrected chi connectivity index (χ1v) is 7.27. The van der Waals surface area contributed by atoms with Crippen molar-refractivity contribution in [2.45, 2.75) is 40.2 Å². The van der Waals surface area contributed by atoms with Gasteiger partial charge in [-0.2, -0.15) is 0 Å². The van der Waals surface area contributed by atoms with Gasteiger partial charge in [0, 0.05) is 10.6 Å². The van der Waals surface area contributed by atoms with Gasteiger partial charge in [0.05, 0.1) is 12.2 Å². The van der Waals surface area contributed by atoms with Crippen LogP contribution in [0.2, 0.25) is 0 Å². The SMILES string of the molecule is CCCc1ccccc1NCc1nc(C)c(C)s1. The summed E-state index contributed by atoms with van der Waals surface area (Å²) < 4.78 is 0. The number of hydrogen-bond acceptors (Lipinski definition) is 3. The van der Waals surface area contributed by atoms with E-state index in [1.54, 1.807) is 11.3 Å². The van der Waals surface area contributed by atoms with Crippen LogP contribution in [0.5, 0.6) is 0 Å². The molecule has 0 saturated carbocycles. The van der Waals surface area contributed by atoms with Crippen LogP contribution in [0, 0.1) is 13.8 Å². The first kappa shape index (κ1) is 13.1. The smallest absolute Gasteiger partial charge is 0.112 e. The normalized spacial score (nSPS) is 10.6. The molecule has 1 aromatic carbocycles. The molecule has 2 aromatic rings. The molecule has 18 heavy (non-hydrogen) atoms. The fourth-order valence-corrected chi connectivity index (χ4v) is 2.84. The van der Waals surface area contributed by atoms with Crippen molar-refractivity contribution >= 4 is 17.0 Å². The Balaban J connectivity index is 2.05. The van der Waals surface area contributed by atoms with Crippen molar-refractivity contribution in [1.82, 2.24) is 4.98 Å². The van der Waals surface area contributed by atoms with Crippen LogP contribution in [0.4, 0.5) is 5.69 Å². The van der Waals surface area contributed by atoms with Crippen molar-refractivity contribution in [3.8, 4) is 0 Å². The third kappa shape index (κ3) is 3.10. The summed E-state index contributed by atoms with van der Waals surface area (Å²) in [4.78, 5) is 5.87. The number of aromatic nitrogens is 1. The van der Waals surface area contributed by atoms with Crippen molar-refractivity contribution < 1.29 is 0 Å². The van der Waals surface area contributed by atoms with E-state index in [0.29, 0.717) is 0 Å². The monoisotopic (exact) mass is 260 g/mol. The van der Waals surface area contributed by atoms with Gasteiger partial charge in [-0.25, -0.2) is 4.98 Å². The fraction of sp³-hybridized carbons (Fsp3) is 0.400. The van der Waals surface area contributed by atoms with Crippen molar-refractivity contribution in [3.63, 3.8) is 0 Å². The maximum atomic E-state index is 4.56. The standard InChI is InChI=1S/C15H20N2S/c1-4-7-13-8-5-6-9-14(13)16-10-15-17-11(2)12(3)18-15/h5-6,8-9,16H,4,7,10H2,1-3H3. The van der Waals surface area contributed by atoms with Crippen LogP contribution in [0.1, 0.15) is 34.5 Å². The Morgan fingerprint density at radius 2 is 2.00 bits per heavy atom. The third-order valence-electron chi connectivity index (χ3n) is 3.04. The lowest BCUT2D eigenvalue weighted by Gasteiger charge is -2.10. The van der Waals surface area contributed by atoms with Gasteiger partial charge in [0.2, 0.25) is 0 Å². The molecular formula is C15H20N2S. The first-order chi connectivity index (χ1) is 8.70. The lowest BCUT2D eigenvalue weighted by molar-refractivity contribution is 0.919. The lowest BCUT2D eigenvalue weighted by Crippen LogP contribution is -2.02. The highest BCUT2D eigenvalue weighted by molar-refractivity contribution is 7.11. The van der Waals surface area contributed by atoms with E-state index in [1.165, 1.54) is 22.5 Å². The van der Waals surface area contributed by atoms with Gasteiger partial charge in [0.25, 0.3) is 0 Å². The molecule has 1 N–H and O–H groups in total. The summed E-state index contributed by atoms with van der Waals surface area (Å²) in [6.07, 6.45) is 2.30. The second-order valence-corrected chi connectivity index (χ2v) is 5.80. The molecule has 2 rings (SSSR count). The topological polar surface area (TPSA) is 24.9 Å². The first-order valence-electron chi connectivity index (χ1n) is 6.45. The minimum atomic E-state index is 0.820. The van der Waals surface area contributed by atoms with Crippen LogP contribution in [0.25, 0.3) is 0 Å². The number of benzene rings is 1. The molecule has 96 valence electrons. The molecule has 0 amide bonds. The van der Waals surface area contributed by atoms with Gasteiger partial charge < -0.3 is 5.32 Å². The van der Waals surface area contributed by atoms with Gasteiger partial charge in [0.1, 0.15) is 5.01 Å². The maximum absolute atomic E-state index is 4.56. The van der Waals surface area contributed by atoms with E-state index in [1.807, 2.05) is 0 Å². The molecule has 0 aliphatic heterocycles.